The van der Waals surface area contributed by atoms with Gasteiger partial charge in [-0.2, -0.15) is 0 Å². The van der Waals surface area contributed by atoms with Gasteiger partial charge in [0.15, 0.2) is 0 Å². The number of ether oxygens (including phenoxy) is 1. The third-order valence-corrected chi connectivity index (χ3v) is 5.26. The maximum Gasteiger partial charge on any atom is 0.253 e. The minimum absolute atomic E-state index is 0.0137. The van der Waals surface area contributed by atoms with E-state index < -0.39 is 5.91 Å². The van der Waals surface area contributed by atoms with Gasteiger partial charge in [0.25, 0.3) is 5.91 Å². The lowest BCUT2D eigenvalue weighted by molar-refractivity contribution is 0.0772. The minimum atomic E-state index is -0.485. The summed E-state index contributed by atoms with van der Waals surface area (Å²) in [7, 11) is 0. The Morgan fingerprint density at radius 1 is 0.938 bits per heavy atom. The molecule has 0 aliphatic carbocycles. The van der Waals surface area contributed by atoms with Gasteiger partial charge >= 0.3 is 0 Å². The molecule has 0 radical (unpaired) electrons. The molecule has 4 aromatic rings. The molecule has 0 unspecified atom stereocenters. The summed E-state index contributed by atoms with van der Waals surface area (Å²) < 4.78 is 5.96. The second-order valence-electron chi connectivity index (χ2n) is 7.31. The van der Waals surface area contributed by atoms with Crippen LogP contribution in [0.1, 0.15) is 34.6 Å². The highest BCUT2D eigenvalue weighted by Crippen LogP contribution is 2.27. The number of H-pyrrole nitrogens is 1. The number of carbonyl (C=O) groups excluding carboxylic acids is 2. The molecule has 0 saturated heterocycles. The lowest BCUT2D eigenvalue weighted by Crippen LogP contribution is -2.30. The average Bonchev–Trinajstić information content (AvgIpc) is 3.24. The van der Waals surface area contributed by atoms with Crippen LogP contribution in [0.4, 0.5) is 0 Å². The standard InChI is InChI=1S/C25H24N4O3/c1-3-29(4-2)25(31)18-6-5-7-20(14-18)32-19-11-8-16(9-12-19)24-27-21-13-10-17(23(26)30)15-22(21)28-24/h5-15H,3-4H2,1-2H3,(H2,26,30)(H,27,28). The van der Waals surface area contributed by atoms with Crippen molar-refractivity contribution in [1.29, 1.82) is 0 Å². The Bertz CT molecular complexity index is 1270. The predicted octanol–water partition coefficient (Wildman–Crippen LogP) is 4.60. The molecule has 0 fully saturated rings. The Balaban J connectivity index is 1.52. The first kappa shape index (κ1) is 21.1. The third-order valence-electron chi connectivity index (χ3n) is 5.26. The van der Waals surface area contributed by atoms with Gasteiger partial charge in [-0.05, 0) is 74.5 Å². The highest BCUT2D eigenvalue weighted by atomic mass is 16.5. The van der Waals surface area contributed by atoms with Gasteiger partial charge in [-0.1, -0.05) is 6.07 Å². The summed E-state index contributed by atoms with van der Waals surface area (Å²) in [6, 6.07) is 19.8. The molecule has 3 aromatic carbocycles. The van der Waals surface area contributed by atoms with Gasteiger partial charge in [-0.25, -0.2) is 4.98 Å². The third kappa shape index (κ3) is 4.32. The summed E-state index contributed by atoms with van der Waals surface area (Å²) >= 11 is 0. The molecule has 0 saturated carbocycles. The monoisotopic (exact) mass is 428 g/mol. The van der Waals surface area contributed by atoms with Gasteiger partial charge in [-0.15, -0.1) is 0 Å². The van der Waals surface area contributed by atoms with E-state index in [-0.39, 0.29) is 5.91 Å². The number of nitrogens with zero attached hydrogens (tertiary/aromatic N) is 2. The van der Waals surface area contributed by atoms with Crippen LogP contribution in [-0.4, -0.2) is 39.8 Å². The van der Waals surface area contributed by atoms with E-state index >= 15 is 0 Å². The van der Waals surface area contributed by atoms with E-state index in [1.165, 1.54) is 0 Å². The van der Waals surface area contributed by atoms with E-state index in [1.807, 2.05) is 50.2 Å². The van der Waals surface area contributed by atoms with Gasteiger partial charge in [0.2, 0.25) is 5.91 Å². The fourth-order valence-corrected chi connectivity index (χ4v) is 3.50. The molecule has 7 heteroatoms. The Kier molecular flexibility index (Phi) is 5.89. The molecule has 0 atom stereocenters. The molecule has 0 bridgehead atoms. The van der Waals surface area contributed by atoms with Gasteiger partial charge in [-0.3, -0.25) is 9.59 Å². The Labute approximate surface area is 185 Å². The number of amides is 2. The number of nitrogens with one attached hydrogen (secondary N) is 1. The minimum Gasteiger partial charge on any atom is -0.457 e. The van der Waals surface area contributed by atoms with Crippen molar-refractivity contribution >= 4 is 22.8 Å². The van der Waals surface area contributed by atoms with Crippen LogP contribution >= 0.6 is 0 Å². The van der Waals surface area contributed by atoms with Crippen LogP contribution in [0.3, 0.4) is 0 Å². The van der Waals surface area contributed by atoms with Crippen LogP contribution < -0.4 is 10.5 Å². The molecule has 2 amide bonds. The number of aromatic nitrogens is 2. The van der Waals surface area contributed by atoms with Crippen LogP contribution in [0.15, 0.2) is 66.7 Å². The van der Waals surface area contributed by atoms with E-state index in [0.717, 1.165) is 11.1 Å². The summed E-state index contributed by atoms with van der Waals surface area (Å²) in [6.45, 7) is 5.24. The van der Waals surface area contributed by atoms with Crippen LogP contribution in [-0.2, 0) is 0 Å². The second-order valence-corrected chi connectivity index (χ2v) is 7.31. The lowest BCUT2D eigenvalue weighted by Gasteiger charge is -2.18. The molecule has 162 valence electrons. The number of fused-ring (bicyclic) bond motifs is 1. The number of imidazole rings is 1. The fourth-order valence-electron chi connectivity index (χ4n) is 3.50. The first-order valence-corrected chi connectivity index (χ1v) is 10.5. The average molecular weight is 428 g/mol. The van der Waals surface area contributed by atoms with Crippen molar-refractivity contribution in [2.45, 2.75) is 13.8 Å². The number of primary amides is 1. The SMILES string of the molecule is CCN(CC)C(=O)c1cccc(Oc2ccc(-c3nc4cc(C(N)=O)ccc4[nH]3)cc2)c1. The number of hydrogen-bond donors (Lipinski definition) is 2. The first-order chi connectivity index (χ1) is 15.5. The number of rotatable bonds is 7. The van der Waals surface area contributed by atoms with Crippen LogP contribution in [0.5, 0.6) is 11.5 Å². The van der Waals surface area contributed by atoms with E-state index in [1.54, 1.807) is 35.2 Å². The zero-order valence-electron chi connectivity index (χ0n) is 18.0. The van der Waals surface area contributed by atoms with Crippen LogP contribution in [0.2, 0.25) is 0 Å². The number of aromatic amines is 1. The van der Waals surface area contributed by atoms with Gasteiger partial charge in [0, 0.05) is 29.8 Å². The predicted molar refractivity (Wildman–Crippen MR) is 124 cm³/mol. The van der Waals surface area contributed by atoms with E-state index in [9.17, 15) is 9.59 Å². The van der Waals surface area contributed by atoms with Crippen molar-refractivity contribution in [3.8, 4) is 22.9 Å². The number of hydrogen-bond acceptors (Lipinski definition) is 4. The van der Waals surface area contributed by atoms with E-state index in [2.05, 4.69) is 9.97 Å². The van der Waals surface area contributed by atoms with Crippen molar-refractivity contribution < 1.29 is 14.3 Å². The van der Waals surface area contributed by atoms with Gasteiger partial charge < -0.3 is 20.4 Å². The number of nitrogens with two attached hydrogens (primary N) is 1. The molecule has 1 aromatic heterocycles. The van der Waals surface area contributed by atoms with Gasteiger partial charge in [0.1, 0.15) is 17.3 Å². The zero-order chi connectivity index (χ0) is 22.7. The summed E-state index contributed by atoms with van der Waals surface area (Å²) in [5.74, 6) is 1.42. The molecule has 7 nitrogen and oxygen atoms in total. The fraction of sp³-hybridized carbons (Fsp3) is 0.160. The van der Waals surface area contributed by atoms with Crippen LogP contribution in [0, 0.1) is 0 Å². The molecule has 0 aliphatic rings. The van der Waals surface area contributed by atoms with Crippen molar-refractivity contribution in [3.63, 3.8) is 0 Å². The number of carbonyl (C=O) groups is 2. The summed E-state index contributed by atoms with van der Waals surface area (Å²) in [5, 5.41) is 0. The Morgan fingerprint density at radius 2 is 1.69 bits per heavy atom. The normalized spacial score (nSPS) is 10.8. The maximum absolute atomic E-state index is 12.6. The smallest absolute Gasteiger partial charge is 0.253 e. The number of benzene rings is 3. The molecule has 0 spiro atoms. The second kappa shape index (κ2) is 8.93. The molecular formula is C25H24N4O3. The lowest BCUT2D eigenvalue weighted by atomic mass is 10.2. The Morgan fingerprint density at radius 3 is 2.38 bits per heavy atom. The molecule has 3 N–H and O–H groups in total. The quantitative estimate of drug-likeness (QED) is 0.449. The highest BCUT2D eigenvalue weighted by molar-refractivity contribution is 5.96. The zero-order valence-corrected chi connectivity index (χ0v) is 18.0. The molecule has 1 heterocycles. The van der Waals surface area contributed by atoms with Gasteiger partial charge in [0.05, 0.1) is 11.0 Å². The first-order valence-electron chi connectivity index (χ1n) is 10.5. The summed E-state index contributed by atoms with van der Waals surface area (Å²) in [6.07, 6.45) is 0. The summed E-state index contributed by atoms with van der Waals surface area (Å²) in [4.78, 5) is 33.5. The molecular weight excluding hydrogens is 404 g/mol. The van der Waals surface area contributed by atoms with Crippen molar-refractivity contribution in [2.75, 3.05) is 13.1 Å². The molecule has 4 rings (SSSR count). The maximum atomic E-state index is 12.6. The van der Waals surface area contributed by atoms with Crippen molar-refractivity contribution in [3.05, 3.63) is 77.9 Å². The van der Waals surface area contributed by atoms with Crippen LogP contribution in [0.25, 0.3) is 22.4 Å². The van der Waals surface area contributed by atoms with E-state index in [4.69, 9.17) is 10.5 Å². The largest absolute Gasteiger partial charge is 0.457 e. The van der Waals surface area contributed by atoms with E-state index in [0.29, 0.717) is 47.1 Å². The summed E-state index contributed by atoms with van der Waals surface area (Å²) in [5.41, 5.74) is 8.73. The molecule has 0 aliphatic heterocycles. The molecule has 32 heavy (non-hydrogen) atoms. The highest BCUT2D eigenvalue weighted by Gasteiger charge is 2.13. The Hall–Kier alpha value is -4.13. The van der Waals surface area contributed by atoms with Crippen molar-refractivity contribution in [2.24, 2.45) is 5.73 Å². The topological polar surface area (TPSA) is 101 Å². The van der Waals surface area contributed by atoms with Crippen molar-refractivity contribution in [1.82, 2.24) is 14.9 Å².